The lowest BCUT2D eigenvalue weighted by molar-refractivity contribution is -0.117. The summed E-state index contributed by atoms with van der Waals surface area (Å²) in [6.07, 6.45) is 0.950. The van der Waals surface area contributed by atoms with E-state index < -0.39 is 0 Å². The Bertz CT molecular complexity index is 987. The van der Waals surface area contributed by atoms with Crippen molar-refractivity contribution in [3.63, 3.8) is 0 Å². The van der Waals surface area contributed by atoms with Crippen LogP contribution in [0.1, 0.15) is 13.3 Å². The molecule has 1 amide bonds. The van der Waals surface area contributed by atoms with Crippen LogP contribution in [0.15, 0.2) is 42.5 Å². The number of ether oxygens (including phenoxy) is 3. The summed E-state index contributed by atoms with van der Waals surface area (Å²) in [6.45, 7) is 3.68. The Hall–Kier alpha value is -3.62. The number of amides is 1. The molecule has 1 aliphatic rings. The minimum atomic E-state index is -0.269. The number of rotatable bonds is 7. The molecule has 150 valence electrons. The van der Waals surface area contributed by atoms with Crippen LogP contribution in [-0.4, -0.2) is 45.9 Å². The maximum atomic E-state index is 12.3. The van der Waals surface area contributed by atoms with Gasteiger partial charge in [0.05, 0.1) is 6.61 Å². The van der Waals surface area contributed by atoms with Crippen molar-refractivity contribution >= 4 is 11.6 Å². The molecule has 0 atom stereocenters. The summed E-state index contributed by atoms with van der Waals surface area (Å²) >= 11 is 0. The zero-order valence-corrected chi connectivity index (χ0v) is 16.0. The molecule has 2 aromatic carbocycles. The highest BCUT2D eigenvalue weighted by atomic mass is 16.6. The van der Waals surface area contributed by atoms with Gasteiger partial charge in [0.25, 0.3) is 0 Å². The fourth-order valence-corrected chi connectivity index (χ4v) is 2.80. The Kier molecular flexibility index (Phi) is 5.55. The van der Waals surface area contributed by atoms with Crippen molar-refractivity contribution in [2.75, 3.05) is 25.1 Å². The number of fused-ring (bicyclic) bond motifs is 1. The molecular weight excluding hydrogens is 374 g/mol. The summed E-state index contributed by atoms with van der Waals surface area (Å²) in [5, 5.41) is 15.0. The van der Waals surface area contributed by atoms with Gasteiger partial charge >= 0.3 is 0 Å². The van der Waals surface area contributed by atoms with E-state index in [1.807, 2.05) is 24.3 Å². The van der Waals surface area contributed by atoms with E-state index in [1.54, 1.807) is 18.2 Å². The van der Waals surface area contributed by atoms with Gasteiger partial charge in [-0.25, -0.2) is 0 Å². The third kappa shape index (κ3) is 4.63. The summed E-state index contributed by atoms with van der Waals surface area (Å²) in [5.41, 5.74) is 1.41. The molecule has 0 aliphatic carbocycles. The minimum Gasteiger partial charge on any atom is -0.494 e. The molecule has 1 N–H and O–H groups in total. The molecule has 2 heterocycles. The van der Waals surface area contributed by atoms with Gasteiger partial charge in [0, 0.05) is 17.3 Å². The van der Waals surface area contributed by atoms with Crippen molar-refractivity contribution in [3.05, 3.63) is 42.5 Å². The van der Waals surface area contributed by atoms with Crippen LogP contribution in [0.2, 0.25) is 0 Å². The SMILES string of the molecule is CCCOc1ccc(-c2nnn(CC(=O)Nc3ccc4c(c3)OCCO4)n2)cc1. The molecule has 0 fully saturated rings. The molecule has 0 unspecified atom stereocenters. The maximum Gasteiger partial charge on any atom is 0.248 e. The Morgan fingerprint density at radius 3 is 2.72 bits per heavy atom. The lowest BCUT2D eigenvalue weighted by Gasteiger charge is -2.18. The van der Waals surface area contributed by atoms with Gasteiger partial charge in [-0.05, 0) is 48.0 Å². The highest BCUT2D eigenvalue weighted by Crippen LogP contribution is 2.32. The average molecular weight is 395 g/mol. The number of tetrazole rings is 1. The molecule has 1 aromatic heterocycles. The van der Waals surface area contributed by atoms with Gasteiger partial charge in [-0.3, -0.25) is 4.79 Å². The zero-order valence-electron chi connectivity index (χ0n) is 16.0. The van der Waals surface area contributed by atoms with Crippen molar-refractivity contribution in [2.24, 2.45) is 0 Å². The summed E-state index contributed by atoms with van der Waals surface area (Å²) in [5.74, 6) is 2.25. The molecule has 0 radical (unpaired) electrons. The third-order valence-corrected chi connectivity index (χ3v) is 4.15. The predicted molar refractivity (Wildman–Crippen MR) is 105 cm³/mol. The first kappa shape index (κ1) is 18.7. The molecule has 9 heteroatoms. The van der Waals surface area contributed by atoms with E-state index in [9.17, 15) is 4.79 Å². The molecule has 3 aromatic rings. The molecule has 1 aliphatic heterocycles. The van der Waals surface area contributed by atoms with Crippen LogP contribution >= 0.6 is 0 Å². The first-order valence-corrected chi connectivity index (χ1v) is 9.42. The van der Waals surface area contributed by atoms with Crippen LogP contribution in [0.5, 0.6) is 17.2 Å². The average Bonchev–Trinajstić information content (AvgIpc) is 3.20. The number of carbonyl (C=O) groups excluding carboxylic acids is 1. The standard InChI is InChI=1S/C20H21N5O4/c1-2-9-27-16-6-3-14(4-7-16)20-22-24-25(23-20)13-19(26)21-15-5-8-17-18(12-15)29-11-10-28-17/h3-8,12H,2,9-11,13H2,1H3,(H,21,26). The Morgan fingerprint density at radius 2 is 1.93 bits per heavy atom. The quantitative estimate of drug-likeness (QED) is 0.656. The zero-order chi connectivity index (χ0) is 20.1. The van der Waals surface area contributed by atoms with Crippen molar-refractivity contribution in [2.45, 2.75) is 19.9 Å². The number of hydrogen-bond donors (Lipinski definition) is 1. The normalized spacial score (nSPS) is 12.4. The van der Waals surface area contributed by atoms with Crippen molar-refractivity contribution in [3.8, 4) is 28.6 Å². The molecule has 9 nitrogen and oxygen atoms in total. The Morgan fingerprint density at radius 1 is 1.14 bits per heavy atom. The van der Waals surface area contributed by atoms with Gasteiger partial charge in [-0.1, -0.05) is 6.92 Å². The van der Waals surface area contributed by atoms with Crippen LogP contribution in [0.3, 0.4) is 0 Å². The number of nitrogens with zero attached hydrogens (tertiary/aromatic N) is 4. The molecular formula is C20H21N5O4. The fourth-order valence-electron chi connectivity index (χ4n) is 2.80. The number of aromatic nitrogens is 4. The topological polar surface area (TPSA) is 100 Å². The first-order valence-electron chi connectivity index (χ1n) is 9.42. The van der Waals surface area contributed by atoms with E-state index in [-0.39, 0.29) is 12.5 Å². The minimum absolute atomic E-state index is 0.0564. The van der Waals surface area contributed by atoms with E-state index in [1.165, 1.54) is 4.80 Å². The Balaban J connectivity index is 1.36. The second-order valence-corrected chi connectivity index (χ2v) is 6.42. The summed E-state index contributed by atoms with van der Waals surface area (Å²) in [6, 6.07) is 12.7. The van der Waals surface area contributed by atoms with Gasteiger partial charge in [-0.2, -0.15) is 4.80 Å². The van der Waals surface area contributed by atoms with Crippen LogP contribution in [-0.2, 0) is 11.3 Å². The van der Waals surface area contributed by atoms with Crippen LogP contribution in [0, 0.1) is 0 Å². The van der Waals surface area contributed by atoms with Crippen LogP contribution in [0.4, 0.5) is 5.69 Å². The number of carbonyl (C=O) groups is 1. The summed E-state index contributed by atoms with van der Waals surface area (Å²) in [4.78, 5) is 13.6. The number of nitrogens with one attached hydrogen (secondary N) is 1. The lowest BCUT2D eigenvalue weighted by Crippen LogP contribution is -2.21. The van der Waals surface area contributed by atoms with Crippen LogP contribution in [0.25, 0.3) is 11.4 Å². The molecule has 29 heavy (non-hydrogen) atoms. The number of anilines is 1. The molecule has 0 bridgehead atoms. The number of benzene rings is 2. The van der Waals surface area contributed by atoms with E-state index in [0.29, 0.717) is 42.8 Å². The smallest absolute Gasteiger partial charge is 0.248 e. The van der Waals surface area contributed by atoms with E-state index in [4.69, 9.17) is 14.2 Å². The highest BCUT2D eigenvalue weighted by molar-refractivity contribution is 5.90. The third-order valence-electron chi connectivity index (χ3n) is 4.15. The molecule has 0 saturated heterocycles. The summed E-state index contributed by atoms with van der Waals surface area (Å²) in [7, 11) is 0. The van der Waals surface area contributed by atoms with Gasteiger partial charge < -0.3 is 19.5 Å². The van der Waals surface area contributed by atoms with Crippen molar-refractivity contribution in [1.82, 2.24) is 20.2 Å². The van der Waals surface area contributed by atoms with E-state index >= 15 is 0 Å². The monoisotopic (exact) mass is 395 g/mol. The second kappa shape index (κ2) is 8.59. The number of hydrogen-bond acceptors (Lipinski definition) is 7. The maximum absolute atomic E-state index is 12.3. The van der Waals surface area contributed by atoms with Gasteiger partial charge in [0.1, 0.15) is 25.5 Å². The van der Waals surface area contributed by atoms with Gasteiger partial charge in [0.15, 0.2) is 11.5 Å². The summed E-state index contributed by atoms with van der Waals surface area (Å²) < 4.78 is 16.6. The highest BCUT2D eigenvalue weighted by Gasteiger charge is 2.14. The molecule has 0 saturated carbocycles. The van der Waals surface area contributed by atoms with E-state index in [0.717, 1.165) is 17.7 Å². The fraction of sp³-hybridized carbons (Fsp3) is 0.300. The predicted octanol–water partition coefficient (Wildman–Crippen LogP) is 2.54. The van der Waals surface area contributed by atoms with Gasteiger partial charge in [-0.15, -0.1) is 10.2 Å². The second-order valence-electron chi connectivity index (χ2n) is 6.42. The van der Waals surface area contributed by atoms with Crippen molar-refractivity contribution in [1.29, 1.82) is 0 Å². The Labute approximate surface area is 167 Å². The van der Waals surface area contributed by atoms with Crippen LogP contribution < -0.4 is 19.5 Å². The van der Waals surface area contributed by atoms with E-state index in [2.05, 4.69) is 27.7 Å². The lowest BCUT2D eigenvalue weighted by atomic mass is 10.2. The van der Waals surface area contributed by atoms with Gasteiger partial charge in [0.2, 0.25) is 11.7 Å². The van der Waals surface area contributed by atoms with Crippen molar-refractivity contribution < 1.29 is 19.0 Å². The first-order chi connectivity index (χ1) is 14.2. The largest absolute Gasteiger partial charge is 0.494 e. The molecule has 0 spiro atoms. The molecule has 4 rings (SSSR count).